The maximum absolute atomic E-state index is 13.2. The lowest BCUT2D eigenvalue weighted by molar-refractivity contribution is -0.192. The normalized spacial score (nSPS) is 14.4. The van der Waals surface area contributed by atoms with Crippen LogP contribution in [0.25, 0.3) is 10.2 Å². The van der Waals surface area contributed by atoms with E-state index in [1.165, 1.54) is 15.6 Å². The van der Waals surface area contributed by atoms with E-state index in [1.807, 2.05) is 36.4 Å². The van der Waals surface area contributed by atoms with Crippen molar-refractivity contribution in [2.75, 3.05) is 24.9 Å². The van der Waals surface area contributed by atoms with Crippen LogP contribution in [0.15, 0.2) is 47.4 Å². The zero-order valence-electron chi connectivity index (χ0n) is 17.1. The molecule has 0 amide bonds. The Kier molecular flexibility index (Phi) is 6.77. The average Bonchev–Trinajstić information content (AvgIpc) is 3.16. The Labute approximate surface area is 186 Å². The molecule has 1 aliphatic rings. The minimum atomic E-state index is -5.08. The van der Waals surface area contributed by atoms with E-state index in [9.17, 15) is 21.6 Å². The van der Waals surface area contributed by atoms with Gasteiger partial charge in [-0.05, 0) is 42.8 Å². The van der Waals surface area contributed by atoms with Crippen molar-refractivity contribution in [3.63, 3.8) is 0 Å². The Morgan fingerprint density at radius 1 is 1.19 bits per heavy atom. The van der Waals surface area contributed by atoms with Crippen LogP contribution in [0.3, 0.4) is 0 Å². The van der Waals surface area contributed by atoms with E-state index < -0.39 is 22.2 Å². The number of likely N-dealkylation sites (N-methyl/N-ethyl adjacent to an activating group) is 1. The van der Waals surface area contributed by atoms with Gasteiger partial charge in [0.1, 0.15) is 0 Å². The predicted octanol–water partition coefficient (Wildman–Crippen LogP) is 3.74. The number of aromatic nitrogens is 1. The summed E-state index contributed by atoms with van der Waals surface area (Å²) in [6.45, 7) is 1.65. The molecule has 3 aromatic rings. The third-order valence-corrected chi connectivity index (χ3v) is 7.91. The molecule has 0 unspecified atom stereocenters. The van der Waals surface area contributed by atoms with Crippen molar-refractivity contribution < 1.29 is 31.5 Å². The molecule has 0 spiro atoms. The number of para-hydroxylation sites is 1. The van der Waals surface area contributed by atoms with E-state index in [2.05, 4.69) is 16.9 Å². The van der Waals surface area contributed by atoms with E-state index in [-0.39, 0.29) is 0 Å². The summed E-state index contributed by atoms with van der Waals surface area (Å²) in [5, 5.41) is 7.62. The Bertz CT molecular complexity index is 1210. The highest BCUT2D eigenvalue weighted by Crippen LogP contribution is 2.33. The molecule has 32 heavy (non-hydrogen) atoms. The molecule has 1 aliphatic heterocycles. The summed E-state index contributed by atoms with van der Waals surface area (Å²) < 4.78 is 60.5. The summed E-state index contributed by atoms with van der Waals surface area (Å²) in [4.78, 5) is 16.0. The number of aliphatic carboxylic acids is 1. The van der Waals surface area contributed by atoms with E-state index in [0.29, 0.717) is 10.0 Å². The lowest BCUT2D eigenvalue weighted by atomic mass is 10.0. The second-order valence-corrected chi connectivity index (χ2v) is 10.1. The largest absolute Gasteiger partial charge is 0.490 e. The molecule has 0 bridgehead atoms. The number of fused-ring (bicyclic) bond motifs is 2. The van der Waals surface area contributed by atoms with E-state index in [4.69, 9.17) is 9.90 Å². The number of carbonyl (C=O) groups is 1. The summed E-state index contributed by atoms with van der Waals surface area (Å²) in [7, 11) is 0.00176. The van der Waals surface area contributed by atoms with Gasteiger partial charge >= 0.3 is 12.1 Å². The molecular weight excluding hydrogens is 467 g/mol. The Morgan fingerprint density at radius 3 is 2.47 bits per heavy atom. The van der Waals surface area contributed by atoms with Crippen molar-refractivity contribution >= 4 is 42.7 Å². The Morgan fingerprint density at radius 2 is 1.84 bits per heavy atom. The molecular formula is C20H20F3N3O4S2. The van der Waals surface area contributed by atoms with E-state index in [1.54, 1.807) is 13.1 Å². The first-order valence-electron chi connectivity index (χ1n) is 9.35. The average molecular weight is 488 g/mol. The van der Waals surface area contributed by atoms with Crippen molar-refractivity contribution in [2.24, 2.45) is 0 Å². The third-order valence-electron chi connectivity index (χ3n) is 4.85. The molecule has 0 atom stereocenters. The monoisotopic (exact) mass is 487 g/mol. The minimum absolute atomic E-state index is 0.403. The fourth-order valence-electron chi connectivity index (χ4n) is 3.20. The smallest absolute Gasteiger partial charge is 0.475 e. The maximum Gasteiger partial charge on any atom is 0.490 e. The number of carboxylic acids is 1. The topological polar surface area (TPSA) is 90.8 Å². The number of thiazole rings is 1. The van der Waals surface area contributed by atoms with Gasteiger partial charge in [0.05, 0.1) is 15.1 Å². The molecule has 12 heteroatoms. The van der Waals surface area contributed by atoms with Crippen LogP contribution in [0.4, 0.5) is 18.3 Å². The summed E-state index contributed by atoms with van der Waals surface area (Å²) in [5.74, 6) is -2.76. The third kappa shape index (κ3) is 5.03. The molecule has 172 valence electrons. The van der Waals surface area contributed by atoms with E-state index in [0.717, 1.165) is 40.9 Å². The Balaban J connectivity index is 0.000000360. The van der Waals surface area contributed by atoms with Gasteiger partial charge in [-0.1, -0.05) is 35.6 Å². The fourth-order valence-corrected chi connectivity index (χ4v) is 5.78. The van der Waals surface area contributed by atoms with Crippen LogP contribution in [-0.4, -0.2) is 56.2 Å². The number of hydrogen-bond acceptors (Lipinski definition) is 6. The van der Waals surface area contributed by atoms with Crippen molar-refractivity contribution in [3.05, 3.63) is 53.6 Å². The number of benzene rings is 2. The zero-order valence-corrected chi connectivity index (χ0v) is 18.8. The minimum Gasteiger partial charge on any atom is -0.475 e. The van der Waals surface area contributed by atoms with Gasteiger partial charge in [0.15, 0.2) is 5.13 Å². The van der Waals surface area contributed by atoms with Crippen molar-refractivity contribution in [1.82, 2.24) is 9.88 Å². The van der Waals surface area contributed by atoms with Crippen molar-refractivity contribution in [3.8, 4) is 0 Å². The zero-order chi connectivity index (χ0) is 23.7. The summed E-state index contributed by atoms with van der Waals surface area (Å²) in [6, 6.07) is 13.3. The number of hydrogen-bond donors (Lipinski definition) is 1. The lowest BCUT2D eigenvalue weighted by Crippen LogP contribution is -2.31. The maximum atomic E-state index is 13.2. The van der Waals surface area contributed by atoms with Gasteiger partial charge < -0.3 is 10.0 Å². The number of rotatable bonds is 3. The van der Waals surface area contributed by atoms with Gasteiger partial charge in [0.2, 0.25) is 0 Å². The van der Waals surface area contributed by atoms with Crippen LogP contribution in [0, 0.1) is 0 Å². The van der Waals surface area contributed by atoms with Gasteiger partial charge in [0, 0.05) is 20.1 Å². The first-order chi connectivity index (χ1) is 14.9. The van der Waals surface area contributed by atoms with Crippen LogP contribution < -0.4 is 4.31 Å². The van der Waals surface area contributed by atoms with Crippen LogP contribution in [-0.2, 0) is 27.8 Å². The molecule has 7 nitrogen and oxygen atoms in total. The number of anilines is 1. The summed E-state index contributed by atoms with van der Waals surface area (Å²) in [6.07, 6.45) is -4.34. The highest BCUT2D eigenvalue weighted by Gasteiger charge is 2.38. The van der Waals surface area contributed by atoms with Gasteiger partial charge in [-0.3, -0.25) is 0 Å². The summed E-state index contributed by atoms with van der Waals surface area (Å²) in [5.41, 5.74) is 2.85. The van der Waals surface area contributed by atoms with Gasteiger partial charge in [0.25, 0.3) is 10.0 Å². The standard InChI is InChI=1S/C18H19N3O2S2.C2HF3O2/c1-20-11-10-14-13(12-20)6-5-9-17(14)25(22,23)21(2)18-19-15-7-3-4-8-16(15)24-18;3-2(4,5)1(6)7/h3-9H,10-12H2,1-2H3;(H,6,7). The van der Waals surface area contributed by atoms with E-state index >= 15 is 0 Å². The molecule has 0 aliphatic carbocycles. The first-order valence-corrected chi connectivity index (χ1v) is 11.6. The number of nitrogens with zero attached hydrogens (tertiary/aromatic N) is 3. The molecule has 1 aromatic heterocycles. The number of sulfonamides is 1. The second-order valence-electron chi connectivity index (χ2n) is 7.12. The number of halogens is 3. The molecule has 1 N–H and O–H groups in total. The highest BCUT2D eigenvalue weighted by atomic mass is 32.2. The highest BCUT2D eigenvalue weighted by molar-refractivity contribution is 7.93. The summed E-state index contributed by atoms with van der Waals surface area (Å²) >= 11 is 1.39. The predicted molar refractivity (Wildman–Crippen MR) is 115 cm³/mol. The van der Waals surface area contributed by atoms with Gasteiger partial charge in [-0.25, -0.2) is 22.5 Å². The van der Waals surface area contributed by atoms with Crippen molar-refractivity contribution in [1.29, 1.82) is 0 Å². The van der Waals surface area contributed by atoms with Crippen LogP contribution in [0.5, 0.6) is 0 Å². The molecule has 0 saturated carbocycles. The van der Waals surface area contributed by atoms with Crippen LogP contribution in [0.1, 0.15) is 11.1 Å². The number of carboxylic acid groups (broad SMARTS) is 1. The van der Waals surface area contributed by atoms with Crippen LogP contribution >= 0.6 is 11.3 Å². The quantitative estimate of drug-likeness (QED) is 0.605. The number of alkyl halides is 3. The van der Waals surface area contributed by atoms with Crippen molar-refractivity contribution in [2.45, 2.75) is 24.0 Å². The molecule has 2 heterocycles. The molecule has 2 aromatic carbocycles. The Hall–Kier alpha value is -2.70. The van der Waals surface area contributed by atoms with Gasteiger partial charge in [-0.2, -0.15) is 13.2 Å². The lowest BCUT2D eigenvalue weighted by Gasteiger charge is -2.27. The fraction of sp³-hybridized carbons (Fsp3) is 0.300. The molecule has 0 radical (unpaired) electrons. The van der Waals surface area contributed by atoms with Crippen LogP contribution in [0.2, 0.25) is 0 Å². The second kappa shape index (κ2) is 9.04. The SMILES string of the molecule is CN1CCc2c(cccc2S(=O)(=O)N(C)c2nc3ccccc3s2)C1.O=C(O)C(F)(F)F. The molecule has 4 rings (SSSR count). The molecule has 0 saturated heterocycles. The van der Waals surface area contributed by atoms with Gasteiger partial charge in [-0.15, -0.1) is 0 Å². The molecule has 0 fully saturated rings. The first kappa shape index (κ1) is 24.0.